The summed E-state index contributed by atoms with van der Waals surface area (Å²) >= 11 is 0. The molecule has 4 atom stereocenters. The molecule has 3 aromatic rings. The van der Waals surface area contributed by atoms with Crippen LogP contribution in [0.2, 0.25) is 0 Å². The third-order valence-corrected chi connectivity index (χ3v) is 7.77. The summed E-state index contributed by atoms with van der Waals surface area (Å²) in [5.74, 6) is -0.427. The van der Waals surface area contributed by atoms with Gasteiger partial charge in [0, 0.05) is 25.5 Å². The van der Waals surface area contributed by atoms with E-state index in [0.29, 0.717) is 6.61 Å². The number of nitrogens with one attached hydrogen (secondary N) is 1. The Labute approximate surface area is 206 Å². The van der Waals surface area contributed by atoms with Gasteiger partial charge < -0.3 is 10.1 Å². The predicted octanol–water partition coefficient (Wildman–Crippen LogP) is 7.42. The normalized spacial score (nSPS) is 24.8. The van der Waals surface area contributed by atoms with Gasteiger partial charge in [-0.3, -0.25) is 0 Å². The van der Waals surface area contributed by atoms with Crippen molar-refractivity contribution in [3.05, 3.63) is 94.8 Å². The van der Waals surface area contributed by atoms with Crippen molar-refractivity contribution in [3.63, 3.8) is 0 Å². The van der Waals surface area contributed by atoms with Gasteiger partial charge in [0.1, 0.15) is 12.0 Å². The van der Waals surface area contributed by atoms with Crippen LogP contribution in [0, 0.1) is 18.8 Å². The standard InChI is InChI=1S/C31H33F2NO/c1-19-13-23(26-6-4-5-22-8-7-21(18-35-3)14-29(22)26)9-10-25(19)30-17-34-12-11-27(30)28-15-24(32)16-31(33)20(28)2/h4-10,13-16,20,27,30-31,34H,11-12,17-18H2,1-3H3/t20-,27-,30-,31?/m1/s1. The molecule has 1 heterocycles. The van der Waals surface area contributed by atoms with Gasteiger partial charge in [0.25, 0.3) is 0 Å². The summed E-state index contributed by atoms with van der Waals surface area (Å²) in [5.41, 5.74) is 6.90. The van der Waals surface area contributed by atoms with E-state index in [0.717, 1.165) is 36.7 Å². The zero-order chi connectivity index (χ0) is 24.5. The smallest absolute Gasteiger partial charge is 0.128 e. The van der Waals surface area contributed by atoms with E-state index in [2.05, 4.69) is 66.8 Å². The maximum atomic E-state index is 14.5. The van der Waals surface area contributed by atoms with Gasteiger partial charge >= 0.3 is 0 Å². The number of hydrogen-bond donors (Lipinski definition) is 1. The SMILES string of the molecule is COCc1ccc2cccc(-c3ccc([C@H]4CNCC[C@@H]4C4=CC(F)=CC(F)[C@@H]4C)c(C)c3)c2c1. The van der Waals surface area contributed by atoms with Crippen LogP contribution in [-0.2, 0) is 11.3 Å². The van der Waals surface area contributed by atoms with Crippen molar-refractivity contribution in [2.24, 2.45) is 11.8 Å². The third kappa shape index (κ3) is 4.70. The lowest BCUT2D eigenvalue weighted by molar-refractivity contribution is 0.185. The summed E-state index contributed by atoms with van der Waals surface area (Å²) < 4.78 is 34.0. The zero-order valence-electron chi connectivity index (χ0n) is 20.7. The second-order valence-corrected chi connectivity index (χ2v) is 10.0. The van der Waals surface area contributed by atoms with Gasteiger partial charge in [-0.05, 0) is 82.6 Å². The summed E-state index contributed by atoms with van der Waals surface area (Å²) in [6.07, 6.45) is 2.31. The van der Waals surface area contributed by atoms with E-state index in [9.17, 15) is 8.78 Å². The molecule has 1 unspecified atom stereocenters. The Morgan fingerprint density at radius 2 is 1.91 bits per heavy atom. The molecule has 4 heteroatoms. The molecule has 0 aromatic heterocycles. The Bertz CT molecular complexity index is 1290. The van der Waals surface area contributed by atoms with Crippen molar-refractivity contribution in [2.45, 2.75) is 39.0 Å². The Hall–Kier alpha value is -2.82. The molecule has 0 amide bonds. The molecule has 0 bridgehead atoms. The van der Waals surface area contributed by atoms with Crippen LogP contribution in [0.25, 0.3) is 21.9 Å². The van der Waals surface area contributed by atoms with Crippen LogP contribution in [0.3, 0.4) is 0 Å². The first-order valence-corrected chi connectivity index (χ1v) is 12.5. The number of benzene rings is 3. The molecular formula is C31H33F2NO. The van der Waals surface area contributed by atoms with Crippen molar-refractivity contribution >= 4 is 10.8 Å². The molecular weight excluding hydrogens is 440 g/mol. The van der Waals surface area contributed by atoms with Gasteiger partial charge in [0.05, 0.1) is 6.61 Å². The molecule has 1 aliphatic carbocycles. The topological polar surface area (TPSA) is 21.3 Å². The van der Waals surface area contributed by atoms with Crippen LogP contribution in [0.5, 0.6) is 0 Å². The fourth-order valence-electron chi connectivity index (χ4n) is 5.94. The van der Waals surface area contributed by atoms with Crippen molar-refractivity contribution in [1.29, 1.82) is 0 Å². The molecule has 2 aliphatic rings. The first-order valence-electron chi connectivity index (χ1n) is 12.5. The predicted molar refractivity (Wildman–Crippen MR) is 140 cm³/mol. The number of fused-ring (bicyclic) bond motifs is 1. The summed E-state index contributed by atoms with van der Waals surface area (Å²) in [5, 5.41) is 5.93. The van der Waals surface area contributed by atoms with Gasteiger partial charge in [-0.15, -0.1) is 0 Å². The van der Waals surface area contributed by atoms with Crippen molar-refractivity contribution in [1.82, 2.24) is 5.32 Å². The van der Waals surface area contributed by atoms with E-state index in [1.54, 1.807) is 13.2 Å². The molecule has 2 nitrogen and oxygen atoms in total. The maximum Gasteiger partial charge on any atom is 0.128 e. The van der Waals surface area contributed by atoms with E-state index in [4.69, 9.17) is 4.74 Å². The molecule has 35 heavy (non-hydrogen) atoms. The van der Waals surface area contributed by atoms with Crippen LogP contribution < -0.4 is 5.32 Å². The molecule has 182 valence electrons. The number of halogens is 2. The molecule has 1 saturated heterocycles. The average Bonchev–Trinajstić information content (AvgIpc) is 2.86. The quantitative estimate of drug-likeness (QED) is 0.416. The van der Waals surface area contributed by atoms with Crippen molar-refractivity contribution in [2.75, 3.05) is 20.2 Å². The molecule has 1 aliphatic heterocycles. The highest BCUT2D eigenvalue weighted by Crippen LogP contribution is 2.43. The Kier molecular flexibility index (Phi) is 6.86. The number of methoxy groups -OCH3 is 1. The Morgan fingerprint density at radius 1 is 1.06 bits per heavy atom. The number of piperidine rings is 1. The van der Waals surface area contributed by atoms with E-state index < -0.39 is 12.0 Å². The average molecular weight is 474 g/mol. The van der Waals surface area contributed by atoms with Gasteiger partial charge in [0.15, 0.2) is 0 Å². The van der Waals surface area contributed by atoms with E-state index in [1.807, 2.05) is 6.92 Å². The molecule has 0 spiro atoms. The van der Waals surface area contributed by atoms with E-state index in [1.165, 1.54) is 33.0 Å². The molecule has 0 saturated carbocycles. The van der Waals surface area contributed by atoms with Crippen LogP contribution in [-0.4, -0.2) is 26.4 Å². The fourth-order valence-corrected chi connectivity index (χ4v) is 5.94. The first-order chi connectivity index (χ1) is 17.0. The van der Waals surface area contributed by atoms with Crippen molar-refractivity contribution < 1.29 is 13.5 Å². The summed E-state index contributed by atoms with van der Waals surface area (Å²) in [6.45, 7) is 6.30. The minimum Gasteiger partial charge on any atom is -0.380 e. The summed E-state index contributed by atoms with van der Waals surface area (Å²) in [6, 6.07) is 19.6. The van der Waals surface area contributed by atoms with E-state index >= 15 is 0 Å². The Morgan fingerprint density at radius 3 is 2.71 bits per heavy atom. The maximum absolute atomic E-state index is 14.5. The molecule has 1 N–H and O–H groups in total. The minimum absolute atomic E-state index is 0.127. The number of aryl methyl sites for hydroxylation is 1. The van der Waals surface area contributed by atoms with Crippen LogP contribution in [0.4, 0.5) is 8.78 Å². The lowest BCUT2D eigenvalue weighted by Crippen LogP contribution is -2.38. The third-order valence-electron chi connectivity index (χ3n) is 7.77. The highest BCUT2D eigenvalue weighted by molar-refractivity contribution is 5.97. The molecule has 3 aromatic carbocycles. The second-order valence-electron chi connectivity index (χ2n) is 10.0. The first kappa shape index (κ1) is 23.9. The van der Waals surface area contributed by atoms with Crippen LogP contribution in [0.1, 0.15) is 36.0 Å². The van der Waals surface area contributed by atoms with Gasteiger partial charge in [-0.2, -0.15) is 0 Å². The number of alkyl halides is 1. The number of rotatable bonds is 5. The van der Waals surface area contributed by atoms with Crippen LogP contribution >= 0.6 is 0 Å². The fraction of sp³-hybridized carbons (Fsp3) is 0.355. The van der Waals surface area contributed by atoms with Crippen LogP contribution in [0.15, 0.2) is 78.1 Å². The highest BCUT2D eigenvalue weighted by atomic mass is 19.1. The number of allylic oxidation sites excluding steroid dienone is 4. The van der Waals surface area contributed by atoms with Gasteiger partial charge in [-0.1, -0.05) is 61.0 Å². The minimum atomic E-state index is -1.26. The molecule has 1 fully saturated rings. The Balaban J connectivity index is 1.52. The lowest BCUT2D eigenvalue weighted by atomic mass is 9.70. The molecule has 0 radical (unpaired) electrons. The second kappa shape index (κ2) is 10.0. The summed E-state index contributed by atoms with van der Waals surface area (Å²) in [7, 11) is 1.72. The van der Waals surface area contributed by atoms with E-state index in [-0.39, 0.29) is 17.8 Å². The highest BCUT2D eigenvalue weighted by Gasteiger charge is 2.36. The summed E-state index contributed by atoms with van der Waals surface area (Å²) in [4.78, 5) is 0. The van der Waals surface area contributed by atoms with Crippen molar-refractivity contribution in [3.8, 4) is 11.1 Å². The van der Waals surface area contributed by atoms with Gasteiger partial charge in [0.2, 0.25) is 0 Å². The number of ether oxygens (including phenoxy) is 1. The van der Waals surface area contributed by atoms with Gasteiger partial charge in [-0.25, -0.2) is 8.78 Å². The molecule has 5 rings (SSSR count). The monoisotopic (exact) mass is 473 g/mol. The zero-order valence-corrected chi connectivity index (χ0v) is 20.7. The largest absolute Gasteiger partial charge is 0.380 e. The number of hydrogen-bond acceptors (Lipinski definition) is 2. The lowest BCUT2D eigenvalue weighted by Gasteiger charge is -2.38.